The number of sulfonamides is 1. The predicted octanol–water partition coefficient (Wildman–Crippen LogP) is 2.79. The second-order valence-electron chi connectivity index (χ2n) is 5.21. The number of primary sulfonamides is 1. The monoisotopic (exact) mass is 332 g/mol. The zero-order valence-corrected chi connectivity index (χ0v) is 14.4. The van der Waals surface area contributed by atoms with Crippen LogP contribution >= 0.6 is 11.3 Å². The standard InChI is InChI=1S/C14H24N2O3S2/c1-4-6-8-11(7-5-2)16-13(17)12-9-20-14(10(12)3)21(15,18)19/h9,11H,4-8H2,1-3H3,(H,16,17)(H2,15,18,19). The van der Waals surface area contributed by atoms with Gasteiger partial charge < -0.3 is 5.32 Å². The molecule has 5 nitrogen and oxygen atoms in total. The lowest BCUT2D eigenvalue weighted by molar-refractivity contribution is 0.0932. The van der Waals surface area contributed by atoms with Gasteiger partial charge in [0.2, 0.25) is 10.0 Å². The van der Waals surface area contributed by atoms with Crippen molar-refractivity contribution in [3.05, 3.63) is 16.5 Å². The van der Waals surface area contributed by atoms with Crippen molar-refractivity contribution in [2.45, 2.75) is 63.1 Å². The molecule has 7 heteroatoms. The highest BCUT2D eigenvalue weighted by atomic mass is 32.2. The molecule has 3 N–H and O–H groups in total. The van der Waals surface area contributed by atoms with Gasteiger partial charge in [0.15, 0.2) is 0 Å². The average molecular weight is 332 g/mol. The number of hydrogen-bond acceptors (Lipinski definition) is 4. The number of hydrogen-bond donors (Lipinski definition) is 2. The third-order valence-electron chi connectivity index (χ3n) is 3.38. The Balaban J connectivity index is 2.86. The Kier molecular flexibility index (Phi) is 6.83. The SMILES string of the molecule is CCCCC(CCC)NC(=O)c1csc(S(N)(=O)=O)c1C. The maximum atomic E-state index is 12.3. The Morgan fingerprint density at radius 1 is 1.33 bits per heavy atom. The van der Waals surface area contributed by atoms with E-state index in [-0.39, 0.29) is 16.2 Å². The number of carbonyl (C=O) groups is 1. The van der Waals surface area contributed by atoms with E-state index in [0.29, 0.717) is 11.1 Å². The Hall–Kier alpha value is -0.920. The molecule has 1 aromatic rings. The molecule has 0 saturated carbocycles. The summed E-state index contributed by atoms with van der Waals surface area (Å²) in [5, 5.41) is 9.71. The largest absolute Gasteiger partial charge is 0.349 e. The van der Waals surface area contributed by atoms with E-state index in [0.717, 1.165) is 43.4 Å². The molecule has 120 valence electrons. The summed E-state index contributed by atoms with van der Waals surface area (Å²) in [6, 6.07) is 0.139. The Bertz CT molecular complexity index is 579. The highest BCUT2D eigenvalue weighted by Crippen LogP contribution is 2.25. The van der Waals surface area contributed by atoms with Crippen LogP contribution in [0.3, 0.4) is 0 Å². The molecule has 1 atom stereocenters. The number of nitrogens with one attached hydrogen (secondary N) is 1. The smallest absolute Gasteiger partial charge is 0.252 e. The third kappa shape index (κ3) is 5.09. The number of nitrogens with two attached hydrogens (primary N) is 1. The summed E-state index contributed by atoms with van der Waals surface area (Å²) in [7, 11) is -3.76. The fourth-order valence-electron chi connectivity index (χ4n) is 2.25. The van der Waals surface area contributed by atoms with Crippen molar-refractivity contribution in [2.24, 2.45) is 5.14 Å². The number of rotatable bonds is 8. The first-order chi connectivity index (χ1) is 9.81. The lowest BCUT2D eigenvalue weighted by atomic mass is 10.0. The van der Waals surface area contributed by atoms with Crippen molar-refractivity contribution in [2.75, 3.05) is 0 Å². The van der Waals surface area contributed by atoms with Crippen molar-refractivity contribution in [3.8, 4) is 0 Å². The fourth-order valence-corrected chi connectivity index (χ4v) is 4.27. The lowest BCUT2D eigenvalue weighted by Crippen LogP contribution is -2.35. The Morgan fingerprint density at radius 2 is 2.00 bits per heavy atom. The van der Waals surface area contributed by atoms with E-state index in [4.69, 9.17) is 5.14 Å². The molecule has 1 aromatic heterocycles. The minimum absolute atomic E-state index is 0.0632. The van der Waals surface area contributed by atoms with Gasteiger partial charge in [-0.15, -0.1) is 11.3 Å². The zero-order chi connectivity index (χ0) is 16.0. The minimum atomic E-state index is -3.76. The van der Waals surface area contributed by atoms with E-state index < -0.39 is 10.0 Å². The summed E-state index contributed by atoms with van der Waals surface area (Å²) >= 11 is 0.996. The second-order valence-corrected chi connectivity index (χ2v) is 7.84. The van der Waals surface area contributed by atoms with Gasteiger partial charge in [0.1, 0.15) is 4.21 Å². The van der Waals surface area contributed by atoms with Crippen LogP contribution in [0.25, 0.3) is 0 Å². The molecular weight excluding hydrogens is 308 g/mol. The summed E-state index contributed by atoms with van der Waals surface area (Å²) in [5.74, 6) is -0.215. The molecule has 1 unspecified atom stereocenters. The second kappa shape index (κ2) is 7.91. The van der Waals surface area contributed by atoms with Crippen molar-refractivity contribution in [1.29, 1.82) is 0 Å². The van der Waals surface area contributed by atoms with Crippen LogP contribution in [0, 0.1) is 6.92 Å². The molecule has 0 aliphatic carbocycles. The fraction of sp³-hybridized carbons (Fsp3) is 0.643. The summed E-state index contributed by atoms with van der Waals surface area (Å²) in [6.07, 6.45) is 5.02. The molecule has 1 heterocycles. The van der Waals surface area contributed by atoms with Crippen LogP contribution in [0.15, 0.2) is 9.59 Å². The quantitative estimate of drug-likeness (QED) is 0.767. The van der Waals surface area contributed by atoms with E-state index in [2.05, 4.69) is 19.2 Å². The van der Waals surface area contributed by atoms with Crippen LogP contribution in [0.5, 0.6) is 0 Å². The molecule has 0 spiro atoms. The topological polar surface area (TPSA) is 89.3 Å². The van der Waals surface area contributed by atoms with Crippen LogP contribution in [0.4, 0.5) is 0 Å². The van der Waals surface area contributed by atoms with Crippen LogP contribution in [-0.4, -0.2) is 20.4 Å². The number of unbranched alkanes of at least 4 members (excludes halogenated alkanes) is 1. The minimum Gasteiger partial charge on any atom is -0.349 e. The van der Waals surface area contributed by atoms with Gasteiger partial charge in [-0.25, -0.2) is 13.6 Å². The van der Waals surface area contributed by atoms with Gasteiger partial charge in [0.25, 0.3) is 5.91 Å². The molecule has 0 aromatic carbocycles. The van der Waals surface area contributed by atoms with Gasteiger partial charge in [-0.3, -0.25) is 4.79 Å². The molecule has 1 rings (SSSR count). The van der Waals surface area contributed by atoms with Crippen molar-refractivity contribution in [1.82, 2.24) is 5.32 Å². The van der Waals surface area contributed by atoms with Crippen molar-refractivity contribution < 1.29 is 13.2 Å². The Labute approximate surface area is 131 Å². The predicted molar refractivity (Wildman–Crippen MR) is 86.1 cm³/mol. The highest BCUT2D eigenvalue weighted by molar-refractivity contribution is 7.91. The van der Waals surface area contributed by atoms with Crippen molar-refractivity contribution >= 4 is 27.3 Å². The first-order valence-corrected chi connectivity index (χ1v) is 9.65. The normalized spacial score (nSPS) is 13.1. The van der Waals surface area contributed by atoms with Gasteiger partial charge in [-0.2, -0.15) is 0 Å². The molecule has 0 radical (unpaired) electrons. The molecular formula is C14H24N2O3S2. The molecule has 0 fully saturated rings. The molecule has 0 aliphatic heterocycles. The van der Waals surface area contributed by atoms with Crippen LogP contribution in [0.2, 0.25) is 0 Å². The van der Waals surface area contributed by atoms with E-state index in [1.54, 1.807) is 12.3 Å². The first kappa shape index (κ1) is 18.1. The van der Waals surface area contributed by atoms with Gasteiger partial charge in [-0.1, -0.05) is 33.1 Å². The molecule has 0 bridgehead atoms. The van der Waals surface area contributed by atoms with Crippen molar-refractivity contribution in [3.63, 3.8) is 0 Å². The third-order valence-corrected chi connectivity index (χ3v) is 6.06. The van der Waals surface area contributed by atoms with Gasteiger partial charge in [-0.05, 0) is 25.3 Å². The molecule has 0 saturated heterocycles. The maximum Gasteiger partial charge on any atom is 0.252 e. The van der Waals surface area contributed by atoms with Crippen LogP contribution in [-0.2, 0) is 10.0 Å². The maximum absolute atomic E-state index is 12.3. The summed E-state index contributed by atoms with van der Waals surface area (Å²) in [5.41, 5.74) is 0.840. The number of thiophene rings is 1. The number of amides is 1. The van der Waals surface area contributed by atoms with Gasteiger partial charge >= 0.3 is 0 Å². The Morgan fingerprint density at radius 3 is 2.48 bits per heavy atom. The first-order valence-electron chi connectivity index (χ1n) is 7.23. The van der Waals surface area contributed by atoms with E-state index >= 15 is 0 Å². The van der Waals surface area contributed by atoms with E-state index in [9.17, 15) is 13.2 Å². The van der Waals surface area contributed by atoms with E-state index in [1.165, 1.54) is 0 Å². The van der Waals surface area contributed by atoms with Gasteiger partial charge in [0.05, 0.1) is 5.56 Å². The average Bonchev–Trinajstić information content (AvgIpc) is 2.78. The molecule has 1 amide bonds. The molecule has 0 aliphatic rings. The summed E-state index contributed by atoms with van der Waals surface area (Å²) in [4.78, 5) is 12.3. The lowest BCUT2D eigenvalue weighted by Gasteiger charge is -2.17. The highest BCUT2D eigenvalue weighted by Gasteiger charge is 2.22. The van der Waals surface area contributed by atoms with Crippen LogP contribution < -0.4 is 10.5 Å². The number of carbonyl (C=O) groups excluding carboxylic acids is 1. The van der Waals surface area contributed by atoms with Gasteiger partial charge in [0, 0.05) is 11.4 Å². The van der Waals surface area contributed by atoms with E-state index in [1.807, 2.05) is 0 Å². The van der Waals surface area contributed by atoms with Crippen LogP contribution in [0.1, 0.15) is 61.9 Å². The molecule has 21 heavy (non-hydrogen) atoms. The zero-order valence-electron chi connectivity index (χ0n) is 12.8. The summed E-state index contributed by atoms with van der Waals surface area (Å²) in [6.45, 7) is 5.82. The summed E-state index contributed by atoms with van der Waals surface area (Å²) < 4.78 is 22.9.